The number of hydrogen-bond acceptors (Lipinski definition) is 4. The zero-order valence-corrected chi connectivity index (χ0v) is 12.6. The van der Waals surface area contributed by atoms with Crippen molar-refractivity contribution in [1.29, 1.82) is 0 Å². The maximum absolute atomic E-state index is 11.7. The van der Waals surface area contributed by atoms with E-state index in [4.69, 9.17) is 4.74 Å². The smallest absolute Gasteiger partial charge is 0.339 e. The Hall–Kier alpha value is -1.88. The summed E-state index contributed by atoms with van der Waals surface area (Å²) in [4.78, 5) is 18.6. The van der Waals surface area contributed by atoms with Crippen LogP contribution in [-0.4, -0.2) is 47.0 Å². The lowest BCUT2D eigenvalue weighted by molar-refractivity contribution is 0.0600. The van der Waals surface area contributed by atoms with Gasteiger partial charge < -0.3 is 14.0 Å². The maximum Gasteiger partial charge on any atom is 0.339 e. The molecule has 0 saturated carbocycles. The summed E-state index contributed by atoms with van der Waals surface area (Å²) in [5, 5.41) is 0. The van der Waals surface area contributed by atoms with Gasteiger partial charge in [0.25, 0.3) is 0 Å². The van der Waals surface area contributed by atoms with E-state index in [-0.39, 0.29) is 5.97 Å². The van der Waals surface area contributed by atoms with Gasteiger partial charge in [0.15, 0.2) is 0 Å². The number of rotatable bonds is 3. The zero-order valence-electron chi connectivity index (χ0n) is 12.6. The number of likely N-dealkylation sites (N-methyl/N-ethyl adjacent to an activating group) is 1. The third kappa shape index (κ3) is 2.78. The molecule has 0 radical (unpaired) electrons. The molecule has 0 aromatic carbocycles. The summed E-state index contributed by atoms with van der Waals surface area (Å²) in [6.07, 6.45) is 8.37. The van der Waals surface area contributed by atoms with Gasteiger partial charge in [-0.1, -0.05) is 6.42 Å². The monoisotopic (exact) mass is 287 g/mol. The van der Waals surface area contributed by atoms with Crippen LogP contribution in [0.3, 0.4) is 0 Å². The van der Waals surface area contributed by atoms with Crippen molar-refractivity contribution in [3.63, 3.8) is 0 Å². The van der Waals surface area contributed by atoms with Gasteiger partial charge in [0, 0.05) is 18.7 Å². The number of carbonyl (C=O) groups is 1. The topological polar surface area (TPSA) is 46.8 Å². The van der Waals surface area contributed by atoms with Crippen LogP contribution in [0.25, 0.3) is 5.52 Å². The molecule has 1 unspecified atom stereocenters. The molecule has 0 N–H and O–H groups in total. The summed E-state index contributed by atoms with van der Waals surface area (Å²) in [5.74, 6) is 0.695. The second-order valence-corrected chi connectivity index (χ2v) is 5.71. The summed E-state index contributed by atoms with van der Waals surface area (Å²) >= 11 is 0. The summed E-state index contributed by atoms with van der Waals surface area (Å²) in [6, 6.07) is 4.22. The molecule has 2 aromatic heterocycles. The minimum absolute atomic E-state index is 0.314. The predicted molar refractivity (Wildman–Crippen MR) is 80.5 cm³/mol. The van der Waals surface area contributed by atoms with Crippen LogP contribution in [0.4, 0.5) is 0 Å². The molecule has 3 heterocycles. The molecule has 3 rings (SSSR count). The number of pyridine rings is 1. The Bertz CT molecular complexity index is 650. The van der Waals surface area contributed by atoms with Crippen LogP contribution in [0.5, 0.6) is 0 Å². The number of imidazole rings is 1. The first-order valence-corrected chi connectivity index (χ1v) is 7.43. The number of nitrogens with zero attached hydrogens (tertiary/aromatic N) is 3. The number of ether oxygens (including phenoxy) is 1. The van der Waals surface area contributed by atoms with Crippen LogP contribution in [0, 0.1) is 0 Å². The highest BCUT2D eigenvalue weighted by molar-refractivity contribution is 5.89. The Labute approximate surface area is 124 Å². The summed E-state index contributed by atoms with van der Waals surface area (Å²) in [7, 11) is 3.58. The van der Waals surface area contributed by atoms with Gasteiger partial charge in [-0.3, -0.25) is 0 Å². The molecule has 1 aliphatic heterocycles. The first-order valence-electron chi connectivity index (χ1n) is 7.43. The van der Waals surface area contributed by atoms with Gasteiger partial charge in [0.1, 0.15) is 5.82 Å². The predicted octanol–water partition coefficient (Wildman–Crippen LogP) is 2.15. The number of piperidine rings is 1. The second kappa shape index (κ2) is 5.85. The molecule has 0 spiro atoms. The Balaban J connectivity index is 1.89. The first-order chi connectivity index (χ1) is 10.2. The number of likely N-dealkylation sites (tertiary alicyclic amines) is 1. The van der Waals surface area contributed by atoms with E-state index in [1.54, 1.807) is 6.07 Å². The van der Waals surface area contributed by atoms with Gasteiger partial charge in [0.2, 0.25) is 0 Å². The normalized spacial score (nSPS) is 19.8. The molecule has 2 aromatic rings. The molecule has 5 heteroatoms. The Morgan fingerprint density at radius 1 is 1.43 bits per heavy atom. The minimum atomic E-state index is -0.314. The summed E-state index contributed by atoms with van der Waals surface area (Å²) in [5.41, 5.74) is 1.57. The van der Waals surface area contributed by atoms with Crippen LogP contribution < -0.4 is 0 Å². The van der Waals surface area contributed by atoms with Crippen molar-refractivity contribution in [2.45, 2.75) is 31.7 Å². The second-order valence-electron chi connectivity index (χ2n) is 5.71. The van der Waals surface area contributed by atoms with Gasteiger partial charge in [-0.25, -0.2) is 9.78 Å². The van der Waals surface area contributed by atoms with E-state index in [0.717, 1.165) is 24.3 Å². The third-order valence-corrected chi connectivity index (χ3v) is 4.36. The molecule has 112 valence electrons. The average Bonchev–Trinajstić information content (AvgIpc) is 2.91. The molecule has 1 saturated heterocycles. The lowest BCUT2D eigenvalue weighted by Gasteiger charge is -2.32. The van der Waals surface area contributed by atoms with Gasteiger partial charge >= 0.3 is 5.97 Å². The standard InChI is InChI=1S/C16H21N3O2/c1-18-8-4-3-5-13(18)9-15-17-10-14-7-6-12(11-19(14)15)16(20)21-2/h6-7,10-11,13H,3-5,8-9H2,1-2H3. The molecule has 5 nitrogen and oxygen atoms in total. The number of esters is 1. The van der Waals surface area contributed by atoms with Gasteiger partial charge in [-0.05, 0) is 38.6 Å². The van der Waals surface area contributed by atoms with Crippen LogP contribution in [0.2, 0.25) is 0 Å². The Kier molecular flexibility index (Phi) is 3.92. The molecule has 1 atom stereocenters. The van der Waals surface area contributed by atoms with Gasteiger partial charge in [-0.2, -0.15) is 0 Å². The molecule has 0 bridgehead atoms. The third-order valence-electron chi connectivity index (χ3n) is 4.36. The molecular weight excluding hydrogens is 266 g/mol. The van der Waals surface area contributed by atoms with E-state index in [2.05, 4.69) is 16.9 Å². The molecular formula is C16H21N3O2. The van der Waals surface area contributed by atoms with E-state index in [0.29, 0.717) is 11.6 Å². The van der Waals surface area contributed by atoms with Crippen molar-refractivity contribution in [3.05, 3.63) is 35.9 Å². The van der Waals surface area contributed by atoms with Crippen LogP contribution in [0.15, 0.2) is 24.5 Å². The van der Waals surface area contributed by atoms with Crippen molar-refractivity contribution >= 4 is 11.5 Å². The largest absolute Gasteiger partial charge is 0.465 e. The van der Waals surface area contributed by atoms with E-state index in [1.807, 2.05) is 22.9 Å². The highest BCUT2D eigenvalue weighted by Crippen LogP contribution is 2.20. The number of fused-ring (bicyclic) bond motifs is 1. The lowest BCUT2D eigenvalue weighted by atomic mass is 10.00. The average molecular weight is 287 g/mol. The number of methoxy groups -OCH3 is 1. The fourth-order valence-corrected chi connectivity index (χ4v) is 3.05. The summed E-state index contributed by atoms with van der Waals surface area (Å²) < 4.78 is 6.80. The van der Waals surface area contributed by atoms with Crippen molar-refractivity contribution in [2.75, 3.05) is 20.7 Å². The molecule has 0 amide bonds. The molecule has 1 fully saturated rings. The van der Waals surface area contributed by atoms with Gasteiger partial charge in [0.05, 0.1) is 24.4 Å². The van der Waals surface area contributed by atoms with Crippen molar-refractivity contribution in [1.82, 2.24) is 14.3 Å². The van der Waals surface area contributed by atoms with Gasteiger partial charge in [-0.15, -0.1) is 0 Å². The van der Waals surface area contributed by atoms with Crippen molar-refractivity contribution in [3.8, 4) is 0 Å². The van der Waals surface area contributed by atoms with Crippen molar-refractivity contribution < 1.29 is 9.53 Å². The van der Waals surface area contributed by atoms with E-state index < -0.39 is 0 Å². The van der Waals surface area contributed by atoms with Crippen LogP contribution in [-0.2, 0) is 11.2 Å². The minimum Gasteiger partial charge on any atom is -0.465 e. The SMILES string of the molecule is COC(=O)c1ccc2cnc(CC3CCCCN3C)n2c1. The molecule has 0 aliphatic carbocycles. The van der Waals surface area contributed by atoms with E-state index in [9.17, 15) is 4.79 Å². The highest BCUT2D eigenvalue weighted by atomic mass is 16.5. The zero-order chi connectivity index (χ0) is 14.8. The molecule has 1 aliphatic rings. The highest BCUT2D eigenvalue weighted by Gasteiger charge is 2.21. The van der Waals surface area contributed by atoms with E-state index in [1.165, 1.54) is 26.4 Å². The Morgan fingerprint density at radius 2 is 2.29 bits per heavy atom. The Morgan fingerprint density at radius 3 is 3.05 bits per heavy atom. The summed E-state index contributed by atoms with van der Waals surface area (Å²) in [6.45, 7) is 1.15. The number of carbonyl (C=O) groups excluding carboxylic acids is 1. The first kappa shape index (κ1) is 14.1. The van der Waals surface area contributed by atoms with Crippen LogP contribution in [0.1, 0.15) is 35.4 Å². The fourth-order valence-electron chi connectivity index (χ4n) is 3.05. The number of hydrogen-bond donors (Lipinski definition) is 0. The fraction of sp³-hybridized carbons (Fsp3) is 0.500. The maximum atomic E-state index is 11.7. The lowest BCUT2D eigenvalue weighted by Crippen LogP contribution is -2.38. The van der Waals surface area contributed by atoms with E-state index >= 15 is 0 Å². The quantitative estimate of drug-likeness (QED) is 0.812. The number of aromatic nitrogens is 2. The van der Waals surface area contributed by atoms with Crippen LogP contribution >= 0.6 is 0 Å². The molecule has 21 heavy (non-hydrogen) atoms. The van der Waals surface area contributed by atoms with Crippen molar-refractivity contribution in [2.24, 2.45) is 0 Å².